The molecule has 0 aliphatic heterocycles. The predicted octanol–water partition coefficient (Wildman–Crippen LogP) is 5.49. The average Bonchev–Trinajstić information content (AvgIpc) is 2.89. The van der Waals surface area contributed by atoms with E-state index in [1.165, 1.54) is 0 Å². The highest BCUT2D eigenvalue weighted by Crippen LogP contribution is 2.36. The molecule has 0 fully saturated rings. The number of pyridine rings is 1. The lowest BCUT2D eigenvalue weighted by molar-refractivity contribution is 0.0531. The number of carbonyl (C=O) groups is 2. The van der Waals surface area contributed by atoms with Gasteiger partial charge < -0.3 is 10.1 Å². The van der Waals surface area contributed by atoms with Gasteiger partial charge in [0.15, 0.2) is 5.69 Å². The number of thiophene rings is 1. The first-order valence-electron chi connectivity index (χ1n) is 6.55. The molecule has 128 valence electrons. The van der Waals surface area contributed by atoms with Gasteiger partial charge in [-0.3, -0.25) is 4.79 Å². The maximum atomic E-state index is 12.3. The Hall–Kier alpha value is -1.05. The van der Waals surface area contributed by atoms with Crippen LogP contribution in [-0.4, -0.2) is 23.5 Å². The first-order chi connectivity index (χ1) is 11.3. The quantitative estimate of drug-likeness (QED) is 0.517. The summed E-state index contributed by atoms with van der Waals surface area (Å²) < 4.78 is 4.95. The van der Waals surface area contributed by atoms with Crippen molar-refractivity contribution in [2.75, 3.05) is 11.9 Å². The third kappa shape index (κ3) is 3.95. The van der Waals surface area contributed by atoms with E-state index in [0.29, 0.717) is 15.4 Å². The molecule has 2 aromatic rings. The molecule has 1 amide bonds. The number of aromatic nitrogens is 1. The van der Waals surface area contributed by atoms with E-state index in [-0.39, 0.29) is 32.5 Å². The highest BCUT2D eigenvalue weighted by molar-refractivity contribution is 7.18. The summed E-state index contributed by atoms with van der Waals surface area (Å²) in [6, 6.07) is 1.64. The summed E-state index contributed by atoms with van der Waals surface area (Å²) in [6.07, 6.45) is 0. The lowest BCUT2D eigenvalue weighted by atomic mass is 10.3. The Kier molecular flexibility index (Phi) is 6.33. The Labute approximate surface area is 161 Å². The molecule has 0 aromatic carbocycles. The molecule has 0 aliphatic rings. The normalized spacial score (nSPS) is 10.6. The third-order valence-electron chi connectivity index (χ3n) is 2.81. The van der Waals surface area contributed by atoms with Crippen molar-refractivity contribution in [2.24, 2.45) is 0 Å². The van der Waals surface area contributed by atoms with Gasteiger partial charge >= 0.3 is 5.97 Å². The van der Waals surface area contributed by atoms with Gasteiger partial charge in [-0.1, -0.05) is 46.4 Å². The van der Waals surface area contributed by atoms with Gasteiger partial charge in [0.25, 0.3) is 5.91 Å². The van der Waals surface area contributed by atoms with Crippen LogP contribution in [0.2, 0.25) is 20.2 Å². The molecule has 0 atom stereocenters. The van der Waals surface area contributed by atoms with E-state index < -0.39 is 11.9 Å². The first kappa shape index (κ1) is 19.3. The van der Waals surface area contributed by atoms with Crippen LogP contribution >= 0.6 is 57.7 Å². The highest BCUT2D eigenvalue weighted by atomic mass is 35.5. The fourth-order valence-corrected chi connectivity index (χ4v) is 3.53. The van der Waals surface area contributed by atoms with Crippen LogP contribution in [0.15, 0.2) is 6.07 Å². The average molecular weight is 428 g/mol. The molecule has 1 N–H and O–H groups in total. The molecule has 0 saturated carbocycles. The molecule has 24 heavy (non-hydrogen) atoms. The van der Waals surface area contributed by atoms with Crippen molar-refractivity contribution in [3.63, 3.8) is 0 Å². The number of amides is 1. The number of halogens is 4. The van der Waals surface area contributed by atoms with Crippen LogP contribution in [0.25, 0.3) is 0 Å². The summed E-state index contributed by atoms with van der Waals surface area (Å²) in [5.41, 5.74) is 0.514. The number of carbonyl (C=O) groups excluding carboxylic acids is 2. The van der Waals surface area contributed by atoms with Gasteiger partial charge in [-0.25, -0.2) is 9.78 Å². The SMILES string of the molecule is CCOC(=O)c1sc(NC(=O)c2nc(Cl)c(Cl)c(Cl)c2Cl)cc1C. The summed E-state index contributed by atoms with van der Waals surface area (Å²) in [6.45, 7) is 3.71. The predicted molar refractivity (Wildman–Crippen MR) is 97.2 cm³/mol. The van der Waals surface area contributed by atoms with Crippen LogP contribution in [0.1, 0.15) is 32.6 Å². The molecule has 5 nitrogen and oxygen atoms in total. The maximum absolute atomic E-state index is 12.3. The van der Waals surface area contributed by atoms with Crippen LogP contribution in [0.5, 0.6) is 0 Å². The molecular formula is C14H10Cl4N2O3S. The van der Waals surface area contributed by atoms with Crippen molar-refractivity contribution in [3.8, 4) is 0 Å². The number of aryl methyl sites for hydroxylation is 1. The van der Waals surface area contributed by atoms with Crippen molar-refractivity contribution >= 4 is 74.6 Å². The Morgan fingerprint density at radius 3 is 2.50 bits per heavy atom. The minimum Gasteiger partial charge on any atom is -0.462 e. The van der Waals surface area contributed by atoms with Crippen LogP contribution in [0.4, 0.5) is 5.00 Å². The zero-order valence-electron chi connectivity index (χ0n) is 12.4. The standard InChI is InChI=1S/C14H10Cl4N2O3S/c1-3-23-14(22)11-5(2)4-6(24-11)19-13(21)10-8(16)7(15)9(17)12(18)20-10/h4H,3H2,1-2H3,(H,19,21). The van der Waals surface area contributed by atoms with Crippen molar-refractivity contribution in [1.82, 2.24) is 4.98 Å². The minimum atomic E-state index is -0.628. The zero-order valence-corrected chi connectivity index (χ0v) is 16.2. The number of hydrogen-bond acceptors (Lipinski definition) is 5. The highest BCUT2D eigenvalue weighted by Gasteiger charge is 2.22. The second-order valence-corrected chi connectivity index (χ2v) is 7.03. The van der Waals surface area contributed by atoms with Gasteiger partial charge in [-0.15, -0.1) is 11.3 Å². The van der Waals surface area contributed by atoms with Crippen LogP contribution in [0, 0.1) is 6.92 Å². The maximum Gasteiger partial charge on any atom is 0.348 e. The Bertz CT molecular complexity index is 823. The molecule has 0 bridgehead atoms. The Morgan fingerprint density at radius 2 is 1.88 bits per heavy atom. The fourth-order valence-electron chi connectivity index (χ4n) is 1.75. The summed E-state index contributed by atoms with van der Waals surface area (Å²) in [7, 11) is 0. The molecule has 2 rings (SSSR count). The van der Waals surface area contributed by atoms with Crippen LogP contribution in [0.3, 0.4) is 0 Å². The first-order valence-corrected chi connectivity index (χ1v) is 8.88. The van der Waals surface area contributed by atoms with Crippen molar-refractivity contribution < 1.29 is 14.3 Å². The van der Waals surface area contributed by atoms with Gasteiger partial charge in [-0.2, -0.15) is 0 Å². The van der Waals surface area contributed by atoms with Crippen molar-refractivity contribution in [1.29, 1.82) is 0 Å². The van der Waals surface area contributed by atoms with E-state index in [2.05, 4.69) is 10.3 Å². The molecule has 2 aromatic heterocycles. The number of esters is 1. The molecule has 10 heteroatoms. The molecule has 0 unspecified atom stereocenters. The lowest BCUT2D eigenvalue weighted by Crippen LogP contribution is -2.14. The summed E-state index contributed by atoms with van der Waals surface area (Å²) in [4.78, 5) is 28.4. The van der Waals surface area contributed by atoms with E-state index in [1.54, 1.807) is 19.9 Å². The van der Waals surface area contributed by atoms with Gasteiger partial charge in [0.1, 0.15) is 10.0 Å². The third-order valence-corrected chi connectivity index (χ3v) is 5.63. The monoisotopic (exact) mass is 426 g/mol. The van der Waals surface area contributed by atoms with E-state index in [1.807, 2.05) is 0 Å². The van der Waals surface area contributed by atoms with E-state index in [4.69, 9.17) is 51.1 Å². The molecule has 0 saturated heterocycles. The zero-order chi connectivity index (χ0) is 18.0. The van der Waals surface area contributed by atoms with Gasteiger partial charge in [0, 0.05) is 0 Å². The van der Waals surface area contributed by atoms with Gasteiger partial charge in [0.2, 0.25) is 0 Å². The van der Waals surface area contributed by atoms with Crippen molar-refractivity contribution in [3.05, 3.63) is 42.4 Å². The minimum absolute atomic E-state index is 0.0311. The van der Waals surface area contributed by atoms with E-state index in [0.717, 1.165) is 11.3 Å². The number of nitrogens with one attached hydrogen (secondary N) is 1. The smallest absolute Gasteiger partial charge is 0.348 e. The second-order valence-electron chi connectivity index (χ2n) is 4.49. The molecule has 0 aliphatic carbocycles. The number of anilines is 1. The van der Waals surface area contributed by atoms with Crippen LogP contribution in [-0.2, 0) is 4.74 Å². The van der Waals surface area contributed by atoms with Crippen LogP contribution < -0.4 is 5.32 Å². The van der Waals surface area contributed by atoms with Gasteiger partial charge in [0.05, 0.1) is 26.7 Å². The van der Waals surface area contributed by atoms with Crippen molar-refractivity contribution in [2.45, 2.75) is 13.8 Å². The topological polar surface area (TPSA) is 68.3 Å². The Morgan fingerprint density at radius 1 is 1.21 bits per heavy atom. The van der Waals surface area contributed by atoms with E-state index in [9.17, 15) is 9.59 Å². The summed E-state index contributed by atoms with van der Waals surface area (Å²) >= 11 is 24.6. The number of ether oxygens (including phenoxy) is 1. The summed E-state index contributed by atoms with van der Waals surface area (Å²) in [5.74, 6) is -1.08. The number of rotatable bonds is 4. The molecule has 0 spiro atoms. The number of hydrogen-bond donors (Lipinski definition) is 1. The molecular weight excluding hydrogens is 418 g/mol. The number of nitrogens with zero attached hydrogens (tertiary/aromatic N) is 1. The summed E-state index contributed by atoms with van der Waals surface area (Å²) in [5, 5.41) is 2.70. The molecule has 2 heterocycles. The lowest BCUT2D eigenvalue weighted by Gasteiger charge is -2.07. The Balaban J connectivity index is 2.28. The van der Waals surface area contributed by atoms with Gasteiger partial charge in [-0.05, 0) is 25.5 Å². The molecule has 0 radical (unpaired) electrons. The van der Waals surface area contributed by atoms with E-state index >= 15 is 0 Å². The largest absolute Gasteiger partial charge is 0.462 e. The fraction of sp³-hybridized carbons (Fsp3) is 0.214. The second kappa shape index (κ2) is 7.89.